The van der Waals surface area contributed by atoms with Crippen LogP contribution >= 0.6 is 0 Å². The highest BCUT2D eigenvalue weighted by Crippen LogP contribution is 2.12. The van der Waals surface area contributed by atoms with E-state index >= 15 is 0 Å². The summed E-state index contributed by atoms with van der Waals surface area (Å²) in [5.74, 6) is 0. The molecule has 0 unspecified atom stereocenters. The van der Waals surface area contributed by atoms with Gasteiger partial charge in [0.05, 0.1) is 0 Å². The van der Waals surface area contributed by atoms with Crippen LogP contribution in [0.15, 0.2) is 39.9 Å². The largest absolute Gasteiger partial charge is 0.383 e. The molecule has 0 heterocycles. The van der Waals surface area contributed by atoms with Crippen molar-refractivity contribution in [1.82, 2.24) is 0 Å². The molecule has 0 fully saturated rings. The Morgan fingerprint density at radius 1 is 0.889 bits per heavy atom. The van der Waals surface area contributed by atoms with Crippen LogP contribution < -0.4 is 26.8 Å². The molecule has 2 aromatic carbocycles. The molecule has 0 amide bonds. The lowest BCUT2D eigenvalue weighted by atomic mass is 10.2. The summed E-state index contributed by atoms with van der Waals surface area (Å²) in [5, 5.41) is 8.88. The number of nitrogens with one attached hydrogen (secondary N) is 3. The van der Waals surface area contributed by atoms with Gasteiger partial charge in [0.25, 0.3) is 10.9 Å². The minimum Gasteiger partial charge on any atom is -0.383 e. The van der Waals surface area contributed by atoms with E-state index in [1.165, 1.54) is 0 Å². The van der Waals surface area contributed by atoms with Crippen molar-refractivity contribution in [2.45, 2.75) is 0 Å². The summed E-state index contributed by atoms with van der Waals surface area (Å²) in [4.78, 5) is 22.4. The molecule has 2 rings (SSSR count). The van der Waals surface area contributed by atoms with Crippen LogP contribution in [0.25, 0.3) is 0 Å². The van der Waals surface area contributed by atoms with Crippen LogP contribution in [0, 0.1) is 0 Å². The topological polar surface area (TPSA) is 70.2 Å². The van der Waals surface area contributed by atoms with Crippen molar-refractivity contribution in [3.8, 4) is 0 Å². The maximum Gasteiger partial charge on any atom is 0.253 e. The molecular weight excluding hydrogens is 230 g/mol. The highest BCUT2D eigenvalue weighted by Gasteiger charge is 2.18. The number of para-hydroxylation sites is 1. The van der Waals surface area contributed by atoms with Crippen LogP contribution in [0.4, 0.5) is 17.1 Å². The predicted octanol–water partition coefficient (Wildman–Crippen LogP) is 0.848. The molecule has 5 nitrogen and oxygen atoms in total. The van der Waals surface area contributed by atoms with Gasteiger partial charge in [-0.05, 0) is 12.1 Å². The molecule has 18 heavy (non-hydrogen) atoms. The fraction of sp³-hybridized carbons (Fsp3) is 0.231. The summed E-state index contributed by atoms with van der Waals surface area (Å²) in [6.45, 7) is 1.25. The maximum atomic E-state index is 11.3. The summed E-state index contributed by atoms with van der Waals surface area (Å²) in [5.41, 5.74) is 0.894. The van der Waals surface area contributed by atoms with Crippen LogP contribution in [0.5, 0.6) is 0 Å². The Balaban J connectivity index is 1.81. The van der Waals surface area contributed by atoms with E-state index in [0.29, 0.717) is 24.5 Å². The molecule has 0 aromatic heterocycles. The smallest absolute Gasteiger partial charge is 0.253 e. The second kappa shape index (κ2) is 5.35. The molecule has 94 valence electrons. The van der Waals surface area contributed by atoms with Crippen LogP contribution in [-0.4, -0.2) is 20.1 Å². The quantitative estimate of drug-likeness (QED) is 0.520. The zero-order valence-corrected chi connectivity index (χ0v) is 10.1. The number of hydrogen-bond acceptors (Lipinski definition) is 5. The van der Waals surface area contributed by atoms with E-state index in [2.05, 4.69) is 16.0 Å². The summed E-state index contributed by atoms with van der Waals surface area (Å²) in [7, 11) is 1.63. The van der Waals surface area contributed by atoms with Gasteiger partial charge in [0.1, 0.15) is 11.4 Å². The van der Waals surface area contributed by atoms with Gasteiger partial charge in [0, 0.05) is 25.8 Å². The molecule has 0 atom stereocenters. The third-order valence-electron chi connectivity index (χ3n) is 2.69. The molecule has 3 N–H and O–H groups in total. The van der Waals surface area contributed by atoms with Gasteiger partial charge in [0.15, 0.2) is 0 Å². The van der Waals surface area contributed by atoms with Gasteiger partial charge in [-0.1, -0.05) is 18.2 Å². The maximum absolute atomic E-state index is 11.3. The van der Waals surface area contributed by atoms with Crippen LogP contribution in [0.3, 0.4) is 0 Å². The van der Waals surface area contributed by atoms with Crippen molar-refractivity contribution < 1.29 is 0 Å². The SMILES string of the molecule is CNc1c(NCCNc2ccccc2)c(=O)c1=O. The van der Waals surface area contributed by atoms with Crippen molar-refractivity contribution in [1.29, 1.82) is 0 Å². The Morgan fingerprint density at radius 3 is 2.17 bits per heavy atom. The van der Waals surface area contributed by atoms with Crippen molar-refractivity contribution in [2.24, 2.45) is 0 Å². The number of rotatable bonds is 6. The number of hydrogen-bond donors (Lipinski definition) is 3. The van der Waals surface area contributed by atoms with Gasteiger partial charge in [0.2, 0.25) is 0 Å². The molecular formula is C13H15N3O2. The van der Waals surface area contributed by atoms with Crippen molar-refractivity contribution in [3.63, 3.8) is 0 Å². The first-order valence-electron chi connectivity index (χ1n) is 5.78. The summed E-state index contributed by atoms with van der Waals surface area (Å²) in [6.07, 6.45) is 0. The fourth-order valence-electron chi connectivity index (χ4n) is 1.75. The fourth-order valence-corrected chi connectivity index (χ4v) is 1.75. The third kappa shape index (κ3) is 2.34. The van der Waals surface area contributed by atoms with E-state index in [1.54, 1.807) is 7.05 Å². The molecule has 0 spiro atoms. The Bertz CT molecular complexity index is 586. The number of benzene rings is 1. The van der Waals surface area contributed by atoms with E-state index in [9.17, 15) is 9.59 Å². The van der Waals surface area contributed by atoms with E-state index in [0.717, 1.165) is 5.69 Å². The van der Waals surface area contributed by atoms with E-state index in [1.807, 2.05) is 30.3 Å². The molecule has 0 aliphatic carbocycles. The Kier molecular flexibility index (Phi) is 3.62. The zero-order valence-electron chi connectivity index (χ0n) is 10.1. The van der Waals surface area contributed by atoms with Crippen molar-refractivity contribution in [2.75, 3.05) is 36.1 Å². The van der Waals surface area contributed by atoms with Crippen LogP contribution in [0.1, 0.15) is 0 Å². The predicted molar refractivity (Wildman–Crippen MR) is 74.3 cm³/mol. The van der Waals surface area contributed by atoms with Gasteiger partial charge >= 0.3 is 0 Å². The molecule has 0 saturated heterocycles. The summed E-state index contributed by atoms with van der Waals surface area (Å²) >= 11 is 0. The Labute approximate surface area is 105 Å². The minimum absolute atomic E-state index is 0.375. The zero-order chi connectivity index (χ0) is 13.0. The van der Waals surface area contributed by atoms with Gasteiger partial charge in [-0.2, -0.15) is 0 Å². The first-order chi connectivity index (χ1) is 8.74. The first kappa shape index (κ1) is 12.2. The summed E-state index contributed by atoms with van der Waals surface area (Å²) in [6, 6.07) is 9.79. The highest BCUT2D eigenvalue weighted by atomic mass is 16.2. The molecule has 0 radical (unpaired) electrons. The standard InChI is InChI=1S/C13H15N3O2/c1-14-10-11(13(18)12(10)17)16-8-7-15-9-5-3-2-4-6-9/h2-6,14-16H,7-8H2,1H3. The lowest BCUT2D eigenvalue weighted by Crippen LogP contribution is -2.37. The molecule has 5 heteroatoms. The second-order valence-electron chi connectivity index (χ2n) is 3.88. The highest BCUT2D eigenvalue weighted by molar-refractivity contribution is 5.73. The van der Waals surface area contributed by atoms with Crippen LogP contribution in [0.2, 0.25) is 0 Å². The molecule has 0 aliphatic rings. The van der Waals surface area contributed by atoms with E-state index in [4.69, 9.17) is 0 Å². The van der Waals surface area contributed by atoms with Crippen molar-refractivity contribution in [3.05, 3.63) is 50.8 Å². The van der Waals surface area contributed by atoms with Crippen LogP contribution in [-0.2, 0) is 0 Å². The molecule has 2 aromatic rings. The third-order valence-corrected chi connectivity index (χ3v) is 2.69. The molecule has 0 aliphatic heterocycles. The van der Waals surface area contributed by atoms with Gasteiger partial charge in [-0.15, -0.1) is 0 Å². The second-order valence-corrected chi connectivity index (χ2v) is 3.88. The molecule has 0 bridgehead atoms. The average molecular weight is 245 g/mol. The minimum atomic E-state index is -0.448. The van der Waals surface area contributed by atoms with E-state index < -0.39 is 10.9 Å². The van der Waals surface area contributed by atoms with Gasteiger partial charge < -0.3 is 16.0 Å². The average Bonchev–Trinajstić information content (AvgIpc) is 2.42. The van der Waals surface area contributed by atoms with Gasteiger partial charge in [-0.3, -0.25) is 9.59 Å². The lowest BCUT2D eigenvalue weighted by Gasteiger charge is -2.13. The monoisotopic (exact) mass is 245 g/mol. The van der Waals surface area contributed by atoms with Crippen molar-refractivity contribution >= 4 is 17.1 Å². The lowest BCUT2D eigenvalue weighted by molar-refractivity contribution is 1.07. The first-order valence-corrected chi connectivity index (χ1v) is 5.78. The van der Waals surface area contributed by atoms with Gasteiger partial charge in [-0.25, -0.2) is 0 Å². The summed E-state index contributed by atoms with van der Waals surface area (Å²) < 4.78 is 0. The Morgan fingerprint density at radius 2 is 1.50 bits per heavy atom. The Hall–Kier alpha value is -2.30. The van der Waals surface area contributed by atoms with E-state index in [-0.39, 0.29) is 0 Å². The number of anilines is 3. The molecule has 0 saturated carbocycles. The normalized spacial score (nSPS) is 10.3.